The predicted octanol–water partition coefficient (Wildman–Crippen LogP) is 2.51. The molecular weight excluding hydrogens is 270 g/mol. The van der Waals surface area contributed by atoms with Crippen LogP contribution in [0.5, 0.6) is 5.75 Å². The second-order valence-electron chi connectivity index (χ2n) is 5.25. The van der Waals surface area contributed by atoms with E-state index in [1.54, 1.807) is 18.4 Å². The summed E-state index contributed by atoms with van der Waals surface area (Å²) in [5.41, 5.74) is 1.27. The summed E-state index contributed by atoms with van der Waals surface area (Å²) < 4.78 is 5.96. The monoisotopic (exact) mass is 292 g/mol. The number of ether oxygens (including phenoxy) is 1. The summed E-state index contributed by atoms with van der Waals surface area (Å²) in [6, 6.07) is 8.17. The molecular formula is C15H22N3OS+. The first-order valence-corrected chi connectivity index (χ1v) is 7.56. The number of hydrogen-bond donors (Lipinski definition) is 1. The topological polar surface area (TPSA) is 34.1 Å². The Balaban J connectivity index is 1.76. The molecule has 5 heteroatoms. The van der Waals surface area contributed by atoms with E-state index in [4.69, 9.17) is 4.74 Å². The van der Waals surface area contributed by atoms with Crippen LogP contribution in [0.25, 0.3) is 0 Å². The average molecular weight is 292 g/mol. The molecule has 0 aliphatic carbocycles. The van der Waals surface area contributed by atoms with Gasteiger partial charge in [0.15, 0.2) is 0 Å². The van der Waals surface area contributed by atoms with Gasteiger partial charge in [-0.25, -0.2) is 0 Å². The SMILES string of the molecule is COc1ccc(CNCC[N+](C)(C)c2nccs2)cc1. The van der Waals surface area contributed by atoms with E-state index < -0.39 is 0 Å². The number of benzene rings is 1. The fraction of sp³-hybridized carbons (Fsp3) is 0.400. The van der Waals surface area contributed by atoms with Crippen molar-refractivity contribution in [2.45, 2.75) is 6.54 Å². The van der Waals surface area contributed by atoms with Crippen molar-refractivity contribution >= 4 is 16.5 Å². The first-order valence-electron chi connectivity index (χ1n) is 6.68. The smallest absolute Gasteiger partial charge is 0.285 e. The van der Waals surface area contributed by atoms with E-state index in [2.05, 4.69) is 36.5 Å². The summed E-state index contributed by atoms with van der Waals surface area (Å²) in [5.74, 6) is 0.898. The standard InChI is InChI=1S/C15H22N3OS/c1-18(2,15-17-9-11-20-15)10-8-16-12-13-4-6-14(19-3)7-5-13/h4-7,9,11,16H,8,10,12H2,1-3H3/q+1. The molecule has 20 heavy (non-hydrogen) atoms. The molecule has 0 aliphatic heterocycles. The molecule has 0 spiro atoms. The first kappa shape index (κ1) is 15.0. The first-order chi connectivity index (χ1) is 9.62. The minimum Gasteiger partial charge on any atom is -0.497 e. The van der Waals surface area contributed by atoms with Crippen LogP contribution in [0.15, 0.2) is 35.8 Å². The summed E-state index contributed by atoms with van der Waals surface area (Å²) in [6.45, 7) is 2.85. The third kappa shape index (κ3) is 4.03. The van der Waals surface area contributed by atoms with Gasteiger partial charge in [-0.2, -0.15) is 4.98 Å². The highest BCUT2D eigenvalue weighted by atomic mass is 32.1. The molecule has 1 N–H and O–H groups in total. The van der Waals surface area contributed by atoms with Crippen LogP contribution in [0.2, 0.25) is 0 Å². The Hall–Kier alpha value is -1.43. The van der Waals surface area contributed by atoms with Gasteiger partial charge in [-0.05, 0) is 17.7 Å². The Labute approximate surface area is 124 Å². The quantitative estimate of drug-likeness (QED) is 0.629. The van der Waals surface area contributed by atoms with Crippen LogP contribution in [-0.4, -0.2) is 39.3 Å². The number of thiazole rings is 1. The molecule has 0 saturated carbocycles. The van der Waals surface area contributed by atoms with Crippen LogP contribution in [0.3, 0.4) is 0 Å². The van der Waals surface area contributed by atoms with Crippen molar-refractivity contribution in [3.8, 4) is 5.75 Å². The van der Waals surface area contributed by atoms with E-state index in [1.165, 1.54) is 5.56 Å². The minimum atomic E-state index is 0.813. The summed E-state index contributed by atoms with van der Waals surface area (Å²) in [4.78, 5) is 4.39. The second kappa shape index (κ2) is 6.83. The van der Waals surface area contributed by atoms with E-state index in [1.807, 2.05) is 23.7 Å². The average Bonchev–Trinajstić information content (AvgIpc) is 2.99. The third-order valence-electron chi connectivity index (χ3n) is 3.27. The molecule has 0 bridgehead atoms. The highest BCUT2D eigenvalue weighted by Gasteiger charge is 2.20. The molecule has 0 fully saturated rings. The Bertz CT molecular complexity index is 508. The molecule has 1 aromatic carbocycles. The number of hydrogen-bond acceptors (Lipinski definition) is 4. The van der Waals surface area contributed by atoms with Crippen LogP contribution in [0, 0.1) is 0 Å². The van der Waals surface area contributed by atoms with Crippen molar-refractivity contribution in [2.24, 2.45) is 0 Å². The number of likely N-dealkylation sites (N-methyl/N-ethyl adjacent to an activating group) is 1. The lowest BCUT2D eigenvalue weighted by atomic mass is 10.2. The molecule has 0 unspecified atom stereocenters. The number of methoxy groups -OCH3 is 1. The van der Waals surface area contributed by atoms with Crippen LogP contribution in [0.4, 0.5) is 5.13 Å². The molecule has 1 heterocycles. The maximum absolute atomic E-state index is 5.15. The lowest BCUT2D eigenvalue weighted by Gasteiger charge is -2.25. The largest absolute Gasteiger partial charge is 0.497 e. The molecule has 2 rings (SSSR count). The van der Waals surface area contributed by atoms with Crippen molar-refractivity contribution in [3.63, 3.8) is 0 Å². The zero-order valence-corrected chi connectivity index (χ0v) is 13.1. The van der Waals surface area contributed by atoms with Crippen molar-refractivity contribution < 1.29 is 4.74 Å². The summed E-state index contributed by atoms with van der Waals surface area (Å²) in [7, 11) is 6.06. The molecule has 0 saturated heterocycles. The zero-order valence-electron chi connectivity index (χ0n) is 12.3. The van der Waals surface area contributed by atoms with E-state index in [0.29, 0.717) is 0 Å². The van der Waals surface area contributed by atoms with Crippen molar-refractivity contribution in [1.82, 2.24) is 14.8 Å². The highest BCUT2D eigenvalue weighted by molar-refractivity contribution is 7.13. The van der Waals surface area contributed by atoms with Gasteiger partial charge in [0.25, 0.3) is 5.13 Å². The summed E-state index contributed by atoms with van der Waals surface area (Å²) in [5, 5.41) is 6.65. The van der Waals surface area contributed by atoms with Crippen LogP contribution in [0.1, 0.15) is 5.56 Å². The number of rotatable bonds is 7. The van der Waals surface area contributed by atoms with Gasteiger partial charge in [-0.15, -0.1) is 0 Å². The van der Waals surface area contributed by atoms with Gasteiger partial charge in [0.1, 0.15) is 5.75 Å². The Morgan fingerprint density at radius 1 is 1.25 bits per heavy atom. The summed E-state index contributed by atoms with van der Waals surface area (Å²) in [6.07, 6.45) is 1.87. The van der Waals surface area contributed by atoms with Gasteiger partial charge in [0.05, 0.1) is 27.7 Å². The van der Waals surface area contributed by atoms with Gasteiger partial charge in [-0.3, -0.25) is 4.48 Å². The number of nitrogens with zero attached hydrogens (tertiary/aromatic N) is 2. The third-order valence-corrected chi connectivity index (χ3v) is 4.34. The number of quaternary nitrogens is 1. The summed E-state index contributed by atoms with van der Waals surface area (Å²) >= 11 is 1.71. The molecule has 2 aromatic rings. The molecule has 0 amide bonds. The van der Waals surface area contributed by atoms with Crippen LogP contribution < -0.4 is 14.5 Å². The Morgan fingerprint density at radius 3 is 2.60 bits per heavy atom. The van der Waals surface area contributed by atoms with Crippen molar-refractivity contribution in [2.75, 3.05) is 34.3 Å². The highest BCUT2D eigenvalue weighted by Crippen LogP contribution is 2.20. The molecule has 1 aromatic heterocycles. The maximum Gasteiger partial charge on any atom is 0.285 e. The molecule has 4 nitrogen and oxygen atoms in total. The fourth-order valence-electron chi connectivity index (χ4n) is 1.95. The molecule has 0 radical (unpaired) electrons. The van der Waals surface area contributed by atoms with E-state index >= 15 is 0 Å². The lowest BCUT2D eigenvalue weighted by molar-refractivity contribution is 0.389. The number of aromatic nitrogens is 1. The van der Waals surface area contributed by atoms with Crippen LogP contribution in [-0.2, 0) is 6.54 Å². The number of nitrogens with one attached hydrogen (secondary N) is 1. The fourth-order valence-corrected chi connectivity index (χ4v) is 2.69. The zero-order chi connectivity index (χ0) is 14.4. The van der Waals surface area contributed by atoms with Gasteiger partial charge in [0, 0.05) is 24.7 Å². The molecule has 0 aliphatic rings. The lowest BCUT2D eigenvalue weighted by Crippen LogP contribution is -2.45. The van der Waals surface area contributed by atoms with Gasteiger partial charge >= 0.3 is 0 Å². The normalized spacial score (nSPS) is 11.6. The van der Waals surface area contributed by atoms with Crippen LogP contribution >= 0.6 is 11.3 Å². The molecule has 108 valence electrons. The minimum absolute atomic E-state index is 0.813. The van der Waals surface area contributed by atoms with E-state index in [-0.39, 0.29) is 0 Å². The van der Waals surface area contributed by atoms with Gasteiger partial charge in [-0.1, -0.05) is 23.5 Å². The second-order valence-corrected chi connectivity index (χ2v) is 6.12. The van der Waals surface area contributed by atoms with Gasteiger partial charge < -0.3 is 10.1 Å². The maximum atomic E-state index is 5.15. The Kier molecular flexibility index (Phi) is 5.11. The van der Waals surface area contributed by atoms with Gasteiger partial charge in [0.2, 0.25) is 0 Å². The Morgan fingerprint density at radius 2 is 2.00 bits per heavy atom. The molecule has 0 atom stereocenters. The van der Waals surface area contributed by atoms with E-state index in [9.17, 15) is 0 Å². The predicted molar refractivity (Wildman–Crippen MR) is 85.3 cm³/mol. The van der Waals surface area contributed by atoms with E-state index in [0.717, 1.165) is 35.0 Å². The van der Waals surface area contributed by atoms with Crippen molar-refractivity contribution in [3.05, 3.63) is 41.4 Å². The van der Waals surface area contributed by atoms with Crippen molar-refractivity contribution in [1.29, 1.82) is 0 Å².